The molecule has 0 bridgehead atoms. The fraction of sp³-hybridized carbons (Fsp3) is 0.500. The van der Waals surface area contributed by atoms with Gasteiger partial charge in [0.1, 0.15) is 0 Å². The van der Waals surface area contributed by atoms with Crippen molar-refractivity contribution in [3.8, 4) is 11.5 Å². The third kappa shape index (κ3) is 1.79. The second-order valence-corrected chi connectivity index (χ2v) is 4.21. The molecule has 1 aliphatic rings. The van der Waals surface area contributed by atoms with Crippen LogP contribution in [0, 0.1) is 13.8 Å². The minimum atomic E-state index is 0.138. The van der Waals surface area contributed by atoms with Gasteiger partial charge in [-0.25, -0.2) is 0 Å². The van der Waals surface area contributed by atoms with Gasteiger partial charge in [-0.15, -0.1) is 0 Å². The first-order chi connectivity index (χ1) is 7.09. The summed E-state index contributed by atoms with van der Waals surface area (Å²) in [4.78, 5) is 0. The van der Waals surface area contributed by atoms with Crippen LogP contribution in [0.25, 0.3) is 0 Å². The average Bonchev–Trinajstić information content (AvgIpc) is 2.59. The smallest absolute Gasteiger partial charge is 0.231 e. The average molecular weight is 207 g/mol. The van der Waals surface area contributed by atoms with Gasteiger partial charge in [0.2, 0.25) is 6.79 Å². The molecular weight excluding hydrogens is 190 g/mol. The largest absolute Gasteiger partial charge is 0.454 e. The Morgan fingerprint density at radius 1 is 1.40 bits per heavy atom. The van der Waals surface area contributed by atoms with E-state index in [9.17, 15) is 0 Å². The van der Waals surface area contributed by atoms with Gasteiger partial charge in [0.05, 0.1) is 0 Å². The van der Waals surface area contributed by atoms with Crippen LogP contribution in [0.2, 0.25) is 0 Å². The summed E-state index contributed by atoms with van der Waals surface area (Å²) in [6.07, 6.45) is 0.833. The van der Waals surface area contributed by atoms with E-state index >= 15 is 0 Å². The van der Waals surface area contributed by atoms with Gasteiger partial charge in [0, 0.05) is 11.6 Å². The molecule has 1 aromatic carbocycles. The van der Waals surface area contributed by atoms with Crippen molar-refractivity contribution in [2.45, 2.75) is 33.2 Å². The van der Waals surface area contributed by atoms with Crippen LogP contribution in [0.15, 0.2) is 6.07 Å². The summed E-state index contributed by atoms with van der Waals surface area (Å²) < 4.78 is 10.9. The van der Waals surface area contributed by atoms with Crippen molar-refractivity contribution < 1.29 is 9.47 Å². The molecule has 0 saturated carbocycles. The van der Waals surface area contributed by atoms with Crippen LogP contribution in [0.5, 0.6) is 11.5 Å². The fourth-order valence-corrected chi connectivity index (χ4v) is 1.91. The second-order valence-electron chi connectivity index (χ2n) is 4.21. The Hall–Kier alpha value is -1.22. The molecule has 0 radical (unpaired) electrons. The molecule has 1 aromatic rings. The molecule has 2 N–H and O–H groups in total. The Morgan fingerprint density at radius 2 is 2.13 bits per heavy atom. The molecule has 1 heterocycles. The Kier molecular flexibility index (Phi) is 2.57. The SMILES string of the molecule is Cc1cc2c(c(CC(C)N)c1C)OCO2. The van der Waals surface area contributed by atoms with Crippen LogP contribution in [0.4, 0.5) is 0 Å². The van der Waals surface area contributed by atoms with Crippen LogP contribution in [0.3, 0.4) is 0 Å². The summed E-state index contributed by atoms with van der Waals surface area (Å²) in [6, 6.07) is 2.17. The lowest BCUT2D eigenvalue weighted by atomic mass is 9.97. The Bertz CT molecular complexity index is 386. The third-order valence-electron chi connectivity index (χ3n) is 2.83. The minimum Gasteiger partial charge on any atom is -0.454 e. The predicted molar refractivity (Wildman–Crippen MR) is 59.4 cm³/mol. The van der Waals surface area contributed by atoms with Gasteiger partial charge >= 0.3 is 0 Å². The predicted octanol–water partition coefficient (Wildman–Crippen LogP) is 1.92. The van der Waals surface area contributed by atoms with E-state index < -0.39 is 0 Å². The maximum absolute atomic E-state index is 5.84. The highest BCUT2D eigenvalue weighted by atomic mass is 16.7. The number of ether oxygens (including phenoxy) is 2. The van der Waals surface area contributed by atoms with E-state index in [1.54, 1.807) is 0 Å². The number of rotatable bonds is 2. The molecule has 82 valence electrons. The fourth-order valence-electron chi connectivity index (χ4n) is 1.91. The molecule has 0 saturated heterocycles. The van der Waals surface area contributed by atoms with Crippen LogP contribution >= 0.6 is 0 Å². The van der Waals surface area contributed by atoms with Crippen molar-refractivity contribution >= 4 is 0 Å². The second kappa shape index (κ2) is 3.74. The molecule has 0 aromatic heterocycles. The van der Waals surface area contributed by atoms with Gasteiger partial charge in [-0.3, -0.25) is 0 Å². The van der Waals surface area contributed by atoms with E-state index in [1.165, 1.54) is 16.7 Å². The highest BCUT2D eigenvalue weighted by Crippen LogP contribution is 2.39. The maximum atomic E-state index is 5.84. The van der Waals surface area contributed by atoms with Gasteiger partial charge in [-0.05, 0) is 44.4 Å². The highest BCUT2D eigenvalue weighted by molar-refractivity contribution is 5.55. The monoisotopic (exact) mass is 207 g/mol. The Morgan fingerprint density at radius 3 is 2.80 bits per heavy atom. The molecule has 0 aliphatic carbocycles. The lowest BCUT2D eigenvalue weighted by Gasteiger charge is -2.13. The molecule has 1 atom stereocenters. The molecule has 0 amide bonds. The summed E-state index contributed by atoms with van der Waals surface area (Å²) in [5.41, 5.74) is 9.53. The number of hydrogen-bond donors (Lipinski definition) is 1. The van der Waals surface area contributed by atoms with E-state index in [0.29, 0.717) is 6.79 Å². The normalized spacial score (nSPS) is 15.5. The molecular formula is C12H17NO2. The summed E-state index contributed by atoms with van der Waals surface area (Å²) >= 11 is 0. The summed E-state index contributed by atoms with van der Waals surface area (Å²) in [7, 11) is 0. The summed E-state index contributed by atoms with van der Waals surface area (Å²) in [6.45, 7) is 6.52. The zero-order valence-electron chi connectivity index (χ0n) is 9.46. The Labute approximate surface area is 90.2 Å². The maximum Gasteiger partial charge on any atom is 0.231 e. The number of nitrogens with two attached hydrogens (primary N) is 1. The van der Waals surface area contributed by atoms with E-state index in [1.807, 2.05) is 13.0 Å². The first-order valence-electron chi connectivity index (χ1n) is 5.24. The lowest BCUT2D eigenvalue weighted by molar-refractivity contribution is 0.173. The zero-order valence-corrected chi connectivity index (χ0v) is 9.46. The number of hydrogen-bond acceptors (Lipinski definition) is 3. The number of benzene rings is 1. The van der Waals surface area contributed by atoms with Crippen LogP contribution in [-0.2, 0) is 6.42 Å². The van der Waals surface area contributed by atoms with E-state index in [4.69, 9.17) is 15.2 Å². The first kappa shape index (κ1) is 10.3. The van der Waals surface area contributed by atoms with E-state index in [2.05, 4.69) is 13.8 Å². The number of aryl methyl sites for hydroxylation is 1. The standard InChI is InChI=1S/C12H17NO2/c1-7-4-11-12(15-6-14-11)10(9(7)3)5-8(2)13/h4,8H,5-6,13H2,1-3H3. The third-order valence-corrected chi connectivity index (χ3v) is 2.83. The minimum absolute atomic E-state index is 0.138. The molecule has 1 unspecified atom stereocenters. The molecule has 0 fully saturated rings. The van der Waals surface area contributed by atoms with Crippen molar-refractivity contribution in [1.29, 1.82) is 0 Å². The van der Waals surface area contributed by atoms with Gasteiger partial charge in [-0.2, -0.15) is 0 Å². The van der Waals surface area contributed by atoms with Crippen LogP contribution < -0.4 is 15.2 Å². The van der Waals surface area contributed by atoms with Gasteiger partial charge < -0.3 is 15.2 Å². The van der Waals surface area contributed by atoms with Gasteiger partial charge in [-0.1, -0.05) is 0 Å². The lowest BCUT2D eigenvalue weighted by Crippen LogP contribution is -2.19. The van der Waals surface area contributed by atoms with Crippen LogP contribution in [0.1, 0.15) is 23.6 Å². The van der Waals surface area contributed by atoms with Crippen LogP contribution in [-0.4, -0.2) is 12.8 Å². The van der Waals surface area contributed by atoms with Crippen molar-refractivity contribution in [1.82, 2.24) is 0 Å². The van der Waals surface area contributed by atoms with E-state index in [0.717, 1.165) is 17.9 Å². The number of fused-ring (bicyclic) bond motifs is 1. The van der Waals surface area contributed by atoms with Crippen molar-refractivity contribution in [2.24, 2.45) is 5.73 Å². The molecule has 15 heavy (non-hydrogen) atoms. The molecule has 1 aliphatic heterocycles. The van der Waals surface area contributed by atoms with Gasteiger partial charge in [0.25, 0.3) is 0 Å². The molecule has 3 nitrogen and oxygen atoms in total. The highest BCUT2D eigenvalue weighted by Gasteiger charge is 2.21. The summed E-state index contributed by atoms with van der Waals surface area (Å²) in [5, 5.41) is 0. The first-order valence-corrected chi connectivity index (χ1v) is 5.24. The van der Waals surface area contributed by atoms with Crippen molar-refractivity contribution in [2.75, 3.05) is 6.79 Å². The zero-order chi connectivity index (χ0) is 11.0. The molecule has 3 heteroatoms. The summed E-state index contributed by atoms with van der Waals surface area (Å²) in [5.74, 6) is 1.74. The van der Waals surface area contributed by atoms with Gasteiger partial charge in [0.15, 0.2) is 11.5 Å². The van der Waals surface area contributed by atoms with E-state index in [-0.39, 0.29) is 6.04 Å². The molecule has 0 spiro atoms. The van der Waals surface area contributed by atoms with Crippen molar-refractivity contribution in [3.05, 3.63) is 22.8 Å². The topological polar surface area (TPSA) is 44.5 Å². The molecule has 2 rings (SSSR count). The Balaban J connectivity index is 2.50. The van der Waals surface area contributed by atoms with Crippen molar-refractivity contribution in [3.63, 3.8) is 0 Å². The quantitative estimate of drug-likeness (QED) is 0.805.